The Morgan fingerprint density at radius 1 is 1.17 bits per heavy atom. The first-order chi connectivity index (χ1) is 19.4. The van der Waals surface area contributed by atoms with Crippen molar-refractivity contribution in [3.8, 4) is 0 Å². The molecule has 3 atom stereocenters. The van der Waals surface area contributed by atoms with Gasteiger partial charge in [-0.15, -0.1) is 0 Å². The van der Waals surface area contributed by atoms with Crippen LogP contribution in [0.2, 0.25) is 0 Å². The van der Waals surface area contributed by atoms with Gasteiger partial charge in [-0.3, -0.25) is 14.2 Å². The van der Waals surface area contributed by atoms with E-state index in [1.807, 2.05) is 6.92 Å². The number of esters is 2. The molecule has 1 aliphatic rings. The molecular formula is C27H46N7O6P. The quantitative estimate of drug-likeness (QED) is 0.137. The Morgan fingerprint density at radius 3 is 2.61 bits per heavy atom. The average Bonchev–Trinajstić information content (AvgIpc) is 3.58. The molecule has 4 N–H and O–H groups in total. The lowest BCUT2D eigenvalue weighted by atomic mass is 10.1. The molecule has 1 aliphatic carbocycles. The van der Waals surface area contributed by atoms with Crippen LogP contribution in [0.3, 0.4) is 0 Å². The van der Waals surface area contributed by atoms with Crippen molar-refractivity contribution < 1.29 is 28.4 Å². The molecule has 0 aliphatic heterocycles. The van der Waals surface area contributed by atoms with Gasteiger partial charge in [-0.05, 0) is 59.8 Å². The molecule has 13 nitrogen and oxygen atoms in total. The number of unbranched alkanes of at least 4 members (excludes halogenated alkanes) is 3. The Kier molecular flexibility index (Phi) is 12.1. The molecule has 41 heavy (non-hydrogen) atoms. The van der Waals surface area contributed by atoms with Crippen LogP contribution in [-0.4, -0.2) is 68.2 Å². The third-order valence-electron chi connectivity index (χ3n) is 6.97. The minimum Gasteiger partial charge on any atom is -0.464 e. The van der Waals surface area contributed by atoms with E-state index >= 15 is 0 Å². The third kappa shape index (κ3) is 9.73. The lowest BCUT2D eigenvalue weighted by Gasteiger charge is -2.32. The Morgan fingerprint density at radius 2 is 1.90 bits per heavy atom. The molecule has 3 unspecified atom stereocenters. The van der Waals surface area contributed by atoms with Gasteiger partial charge in [-0.1, -0.05) is 26.2 Å². The van der Waals surface area contributed by atoms with Crippen LogP contribution in [0, 0.1) is 0 Å². The van der Waals surface area contributed by atoms with Gasteiger partial charge in [0.15, 0.2) is 11.5 Å². The van der Waals surface area contributed by atoms with E-state index in [-0.39, 0.29) is 24.9 Å². The van der Waals surface area contributed by atoms with Gasteiger partial charge >= 0.3 is 11.9 Å². The summed E-state index contributed by atoms with van der Waals surface area (Å²) >= 11 is 0. The minimum atomic E-state index is -3.69. The number of carbonyl (C=O) groups excluding carboxylic acids is 2. The zero-order chi connectivity index (χ0) is 30.0. The Bertz CT molecular complexity index is 1200. The van der Waals surface area contributed by atoms with E-state index in [4.69, 9.17) is 19.9 Å². The Balaban J connectivity index is 1.67. The molecule has 0 bridgehead atoms. The fourth-order valence-electron chi connectivity index (χ4n) is 4.71. The Labute approximate surface area is 242 Å². The molecule has 0 spiro atoms. The maximum atomic E-state index is 14.2. The van der Waals surface area contributed by atoms with E-state index in [1.54, 1.807) is 31.7 Å². The maximum absolute atomic E-state index is 14.2. The lowest BCUT2D eigenvalue weighted by molar-refractivity contribution is -0.150. The Hall–Kier alpha value is -2.60. The SMILES string of the molecule is CCCCCCOC(=O)C(C)(C)NP(=O)(COC(C)Cn1cnc2c(N)ncnc21)NC(C)C(=O)OC1CCCC1. The number of fused-ring (bicyclic) bond motifs is 1. The van der Waals surface area contributed by atoms with Gasteiger partial charge in [0.2, 0.25) is 7.44 Å². The number of hydrogen-bond acceptors (Lipinski definition) is 10. The molecule has 1 saturated carbocycles. The first-order valence-electron chi connectivity index (χ1n) is 14.5. The summed E-state index contributed by atoms with van der Waals surface area (Å²) in [5.41, 5.74) is 5.61. The van der Waals surface area contributed by atoms with E-state index in [0.717, 1.165) is 51.4 Å². The van der Waals surface area contributed by atoms with Crippen molar-refractivity contribution in [3.05, 3.63) is 12.7 Å². The third-order valence-corrected chi connectivity index (χ3v) is 9.20. The largest absolute Gasteiger partial charge is 0.464 e. The zero-order valence-electron chi connectivity index (χ0n) is 24.9. The number of ether oxygens (including phenoxy) is 3. The number of anilines is 1. The van der Waals surface area contributed by atoms with Crippen LogP contribution in [0.15, 0.2) is 12.7 Å². The maximum Gasteiger partial charge on any atom is 0.326 e. The predicted octanol–water partition coefficient (Wildman–Crippen LogP) is 3.92. The number of imidazole rings is 1. The van der Waals surface area contributed by atoms with Gasteiger partial charge in [0.1, 0.15) is 35.9 Å². The zero-order valence-corrected chi connectivity index (χ0v) is 25.8. The molecule has 2 aromatic rings. The number of nitrogens with zero attached hydrogens (tertiary/aromatic N) is 4. The summed E-state index contributed by atoms with van der Waals surface area (Å²) < 4.78 is 33.1. The van der Waals surface area contributed by atoms with Crippen molar-refractivity contribution in [2.75, 3.05) is 18.7 Å². The van der Waals surface area contributed by atoms with Crippen LogP contribution in [0.1, 0.15) is 86.0 Å². The van der Waals surface area contributed by atoms with Crippen LogP contribution in [0.25, 0.3) is 11.2 Å². The van der Waals surface area contributed by atoms with Crippen LogP contribution in [0.5, 0.6) is 0 Å². The summed E-state index contributed by atoms with van der Waals surface area (Å²) in [7, 11) is -3.69. The molecule has 3 rings (SSSR count). The number of nitrogens with two attached hydrogens (primary N) is 1. The molecule has 14 heteroatoms. The normalized spacial score (nSPS) is 17.3. The van der Waals surface area contributed by atoms with Crippen LogP contribution in [0.4, 0.5) is 5.82 Å². The summed E-state index contributed by atoms with van der Waals surface area (Å²) in [5, 5.41) is 5.83. The second-order valence-corrected chi connectivity index (χ2v) is 13.5. The fourth-order valence-corrected chi connectivity index (χ4v) is 7.10. The van der Waals surface area contributed by atoms with Gasteiger partial charge in [0.25, 0.3) is 0 Å². The summed E-state index contributed by atoms with van der Waals surface area (Å²) in [4.78, 5) is 38.2. The number of rotatable bonds is 17. The topological polar surface area (TPSA) is 173 Å². The fraction of sp³-hybridized carbons (Fsp3) is 0.741. The summed E-state index contributed by atoms with van der Waals surface area (Å²) in [6, 6.07) is -0.897. The highest BCUT2D eigenvalue weighted by molar-refractivity contribution is 7.59. The van der Waals surface area contributed by atoms with E-state index in [2.05, 4.69) is 32.1 Å². The van der Waals surface area contributed by atoms with Gasteiger partial charge < -0.3 is 24.5 Å². The summed E-state index contributed by atoms with van der Waals surface area (Å²) in [6.07, 6.45) is 9.65. The highest BCUT2D eigenvalue weighted by Gasteiger charge is 2.39. The van der Waals surface area contributed by atoms with Crippen molar-refractivity contribution in [1.29, 1.82) is 0 Å². The molecule has 1 fully saturated rings. The van der Waals surface area contributed by atoms with E-state index in [9.17, 15) is 14.2 Å². The molecule has 0 amide bonds. The number of nitrogens with one attached hydrogen (secondary N) is 2. The van der Waals surface area contributed by atoms with Gasteiger partial charge in [0, 0.05) is 0 Å². The second kappa shape index (κ2) is 15.0. The van der Waals surface area contributed by atoms with Crippen molar-refractivity contribution in [1.82, 2.24) is 29.7 Å². The monoisotopic (exact) mass is 595 g/mol. The van der Waals surface area contributed by atoms with Crippen molar-refractivity contribution in [3.63, 3.8) is 0 Å². The summed E-state index contributed by atoms with van der Waals surface area (Å²) in [6.45, 7) is 9.34. The predicted molar refractivity (Wildman–Crippen MR) is 156 cm³/mol. The van der Waals surface area contributed by atoms with E-state index in [0.29, 0.717) is 17.7 Å². The standard InChI is InChI=1S/C27H46N7O6P/c1-6-7-8-11-14-38-26(36)27(4,5)33-41(37,32-20(3)25(35)40-21-12-9-10-13-21)18-39-19(2)15-34-17-31-22-23(28)29-16-30-24(22)34/h16-17,19-21H,6-15,18H2,1-5H3,(H2,28,29,30)(H2,32,33,37). The highest BCUT2D eigenvalue weighted by Crippen LogP contribution is 2.40. The van der Waals surface area contributed by atoms with Crippen molar-refractivity contribution >= 4 is 36.4 Å². The molecule has 0 radical (unpaired) electrons. The minimum absolute atomic E-state index is 0.127. The lowest BCUT2D eigenvalue weighted by Crippen LogP contribution is -2.50. The first-order valence-corrected chi connectivity index (χ1v) is 16.4. The van der Waals surface area contributed by atoms with Gasteiger partial charge in [-0.2, -0.15) is 0 Å². The molecular weight excluding hydrogens is 549 g/mol. The number of nitrogen functional groups attached to an aromatic ring is 1. The first kappa shape index (κ1) is 32.9. The number of carbonyl (C=O) groups is 2. The smallest absolute Gasteiger partial charge is 0.326 e. The van der Waals surface area contributed by atoms with Crippen molar-refractivity contribution in [2.45, 2.75) is 116 Å². The molecule has 0 aromatic carbocycles. The molecule has 2 aromatic heterocycles. The van der Waals surface area contributed by atoms with Gasteiger partial charge in [0.05, 0.1) is 25.6 Å². The van der Waals surface area contributed by atoms with Crippen molar-refractivity contribution in [2.24, 2.45) is 0 Å². The molecule has 2 heterocycles. The van der Waals surface area contributed by atoms with Crippen LogP contribution < -0.4 is 15.9 Å². The van der Waals surface area contributed by atoms with Crippen LogP contribution >= 0.6 is 7.44 Å². The van der Waals surface area contributed by atoms with E-state index < -0.39 is 37.1 Å². The highest BCUT2D eigenvalue weighted by atomic mass is 31.2. The molecule has 230 valence electrons. The number of hydrogen-bond donors (Lipinski definition) is 3. The van der Waals surface area contributed by atoms with E-state index in [1.165, 1.54) is 6.33 Å². The van der Waals surface area contributed by atoms with Gasteiger partial charge in [-0.25, -0.2) is 25.1 Å². The number of aromatic nitrogens is 4. The van der Waals surface area contributed by atoms with Crippen LogP contribution in [-0.2, 0) is 34.9 Å². The molecule has 0 saturated heterocycles. The second-order valence-electron chi connectivity index (χ2n) is 11.3. The summed E-state index contributed by atoms with van der Waals surface area (Å²) in [5.74, 6) is -0.754. The average molecular weight is 596 g/mol.